The lowest BCUT2D eigenvalue weighted by Gasteiger charge is -2.30. The zero-order valence-electron chi connectivity index (χ0n) is 22.0. The van der Waals surface area contributed by atoms with Crippen LogP contribution in [0.1, 0.15) is 53.6 Å². The molecule has 0 saturated heterocycles. The number of nitrogens with zero attached hydrogens (tertiary/aromatic N) is 2. The summed E-state index contributed by atoms with van der Waals surface area (Å²) in [6.07, 6.45) is 8.19. The van der Waals surface area contributed by atoms with E-state index in [-0.39, 0.29) is 17.7 Å². The lowest BCUT2D eigenvalue weighted by atomic mass is 9.88. The van der Waals surface area contributed by atoms with Crippen molar-refractivity contribution in [3.05, 3.63) is 102 Å². The minimum atomic E-state index is -0.429. The molecule has 0 radical (unpaired) electrons. The van der Waals surface area contributed by atoms with Gasteiger partial charge in [-0.2, -0.15) is 0 Å². The fourth-order valence-corrected chi connectivity index (χ4v) is 4.79. The van der Waals surface area contributed by atoms with E-state index in [0.29, 0.717) is 12.1 Å². The van der Waals surface area contributed by atoms with Gasteiger partial charge < -0.3 is 14.5 Å². The van der Waals surface area contributed by atoms with Gasteiger partial charge in [-0.05, 0) is 66.4 Å². The van der Waals surface area contributed by atoms with Crippen LogP contribution in [0.25, 0.3) is 6.08 Å². The summed E-state index contributed by atoms with van der Waals surface area (Å²) in [4.78, 5) is 41.6. The number of hydrogen-bond acceptors (Lipinski definition) is 4. The topological polar surface area (TPSA) is 66.9 Å². The third kappa shape index (κ3) is 6.76. The van der Waals surface area contributed by atoms with Crippen LogP contribution in [-0.4, -0.2) is 31.9 Å². The number of hydrogen-bond donors (Lipinski definition) is 0. The first kappa shape index (κ1) is 26.9. The highest BCUT2D eigenvalue weighted by molar-refractivity contribution is 6.05. The number of esters is 1. The number of benzene rings is 3. The van der Waals surface area contributed by atoms with E-state index >= 15 is 0 Å². The molecule has 0 aromatic heterocycles. The van der Waals surface area contributed by atoms with Gasteiger partial charge in [-0.15, -0.1) is 0 Å². The maximum atomic E-state index is 13.7. The van der Waals surface area contributed by atoms with Gasteiger partial charge in [-0.25, -0.2) is 4.79 Å². The van der Waals surface area contributed by atoms with E-state index < -0.39 is 5.97 Å². The Morgan fingerprint density at radius 3 is 2.26 bits per heavy atom. The number of carbonyl (C=O) groups excluding carboxylic acids is 3. The Morgan fingerprint density at radius 1 is 0.868 bits per heavy atom. The van der Waals surface area contributed by atoms with E-state index in [9.17, 15) is 14.4 Å². The maximum absolute atomic E-state index is 13.7. The van der Waals surface area contributed by atoms with Crippen molar-refractivity contribution in [3.63, 3.8) is 0 Å². The van der Waals surface area contributed by atoms with Crippen molar-refractivity contribution in [2.75, 3.05) is 24.0 Å². The molecular weight excluding hydrogens is 476 g/mol. The van der Waals surface area contributed by atoms with Crippen molar-refractivity contribution in [3.8, 4) is 0 Å². The molecule has 0 unspecified atom stereocenters. The Labute approximate surface area is 224 Å². The monoisotopic (exact) mass is 510 g/mol. The molecule has 0 heterocycles. The van der Waals surface area contributed by atoms with Crippen molar-refractivity contribution in [1.82, 2.24) is 0 Å². The molecule has 38 heavy (non-hydrogen) atoms. The first-order chi connectivity index (χ1) is 18.5. The Bertz CT molecular complexity index is 1280. The third-order valence-corrected chi connectivity index (χ3v) is 7.01. The average Bonchev–Trinajstić information content (AvgIpc) is 2.99. The molecule has 4 rings (SSSR count). The van der Waals surface area contributed by atoms with Gasteiger partial charge in [-0.3, -0.25) is 9.59 Å². The second-order valence-corrected chi connectivity index (χ2v) is 9.61. The molecule has 1 aliphatic rings. The molecule has 0 N–H and O–H groups in total. The molecule has 1 aliphatic carbocycles. The quantitative estimate of drug-likeness (QED) is 0.265. The van der Waals surface area contributed by atoms with Crippen molar-refractivity contribution >= 4 is 35.2 Å². The van der Waals surface area contributed by atoms with E-state index in [1.54, 1.807) is 30.2 Å². The smallest absolute Gasteiger partial charge is 0.330 e. The zero-order valence-corrected chi connectivity index (χ0v) is 22.0. The normalized spacial score (nSPS) is 13.7. The predicted octanol–water partition coefficient (Wildman–Crippen LogP) is 6.26. The summed E-state index contributed by atoms with van der Waals surface area (Å²) in [5.74, 6) is -0.378. The van der Waals surface area contributed by atoms with Gasteiger partial charge in [0.15, 0.2) is 0 Å². The van der Waals surface area contributed by atoms with Crippen LogP contribution >= 0.6 is 0 Å². The van der Waals surface area contributed by atoms with Crippen molar-refractivity contribution < 1.29 is 19.1 Å². The van der Waals surface area contributed by atoms with Gasteiger partial charge in [0, 0.05) is 36.0 Å². The Morgan fingerprint density at radius 2 is 1.58 bits per heavy atom. The van der Waals surface area contributed by atoms with Gasteiger partial charge in [0.2, 0.25) is 5.91 Å². The summed E-state index contributed by atoms with van der Waals surface area (Å²) in [6, 6.07) is 24.6. The molecule has 1 saturated carbocycles. The Balaban J connectivity index is 1.57. The Hall–Kier alpha value is -4.19. The van der Waals surface area contributed by atoms with Crippen molar-refractivity contribution in [2.45, 2.75) is 38.6 Å². The first-order valence-electron chi connectivity index (χ1n) is 13.1. The van der Waals surface area contributed by atoms with Crippen LogP contribution in [0, 0.1) is 5.92 Å². The van der Waals surface area contributed by atoms with Crippen LogP contribution in [0.2, 0.25) is 0 Å². The molecule has 6 nitrogen and oxygen atoms in total. The largest absolute Gasteiger partial charge is 0.466 e. The number of rotatable bonds is 8. The summed E-state index contributed by atoms with van der Waals surface area (Å²) < 4.78 is 4.70. The third-order valence-electron chi connectivity index (χ3n) is 7.01. The van der Waals surface area contributed by atoms with Gasteiger partial charge in [-0.1, -0.05) is 61.7 Å². The molecule has 0 aliphatic heterocycles. The van der Waals surface area contributed by atoms with Crippen LogP contribution in [0.4, 0.5) is 11.4 Å². The minimum Gasteiger partial charge on any atom is -0.466 e. The van der Waals surface area contributed by atoms with Gasteiger partial charge >= 0.3 is 5.97 Å². The summed E-state index contributed by atoms with van der Waals surface area (Å²) in [7, 11) is 3.10. The highest BCUT2D eigenvalue weighted by Crippen LogP contribution is 2.30. The fraction of sp³-hybridized carbons (Fsp3) is 0.281. The van der Waals surface area contributed by atoms with Crippen molar-refractivity contribution in [1.29, 1.82) is 0 Å². The molecule has 0 bridgehead atoms. The molecule has 0 atom stereocenters. The summed E-state index contributed by atoms with van der Waals surface area (Å²) in [5, 5.41) is 0. The SMILES string of the molecule is COC(=O)/C=C/c1cccc(N(Cc2ccc(N(C)C(=O)c3ccccc3)cc2)C(=O)C2CCCCC2)c1. The van der Waals surface area contributed by atoms with Crippen molar-refractivity contribution in [2.24, 2.45) is 5.92 Å². The molecule has 196 valence electrons. The first-order valence-corrected chi connectivity index (χ1v) is 13.1. The second kappa shape index (κ2) is 12.9. The molecule has 0 spiro atoms. The van der Waals surface area contributed by atoms with Crippen LogP contribution in [0.3, 0.4) is 0 Å². The number of amides is 2. The Kier molecular flexibility index (Phi) is 9.09. The van der Waals surface area contributed by atoms with Crippen LogP contribution in [0.15, 0.2) is 84.9 Å². The zero-order chi connectivity index (χ0) is 26.9. The van der Waals surface area contributed by atoms with Crippen LogP contribution in [-0.2, 0) is 20.9 Å². The highest BCUT2D eigenvalue weighted by atomic mass is 16.5. The van der Waals surface area contributed by atoms with E-state index in [4.69, 9.17) is 4.74 Å². The van der Waals surface area contributed by atoms with Crippen LogP contribution in [0.5, 0.6) is 0 Å². The summed E-state index contributed by atoms with van der Waals surface area (Å²) >= 11 is 0. The molecule has 1 fully saturated rings. The summed E-state index contributed by atoms with van der Waals surface area (Å²) in [5.41, 5.74) is 3.97. The van der Waals surface area contributed by atoms with Gasteiger partial charge in [0.25, 0.3) is 5.91 Å². The van der Waals surface area contributed by atoms with Gasteiger partial charge in [0.1, 0.15) is 0 Å². The van der Waals surface area contributed by atoms with E-state index in [0.717, 1.165) is 48.2 Å². The molecule has 6 heteroatoms. The standard InChI is InChI=1S/C32H34N2O4/c1-33(31(36)26-11-5-3-6-12-26)28-19-16-25(17-20-28)23-34(32(37)27-13-7-4-8-14-27)29-15-9-10-24(22-29)18-21-30(35)38-2/h3,5-6,9-12,15-22,27H,4,7-8,13-14,23H2,1-2H3/b21-18+. The predicted molar refractivity (Wildman–Crippen MR) is 151 cm³/mol. The number of methoxy groups -OCH3 is 1. The lowest BCUT2D eigenvalue weighted by molar-refractivity contribution is -0.134. The fourth-order valence-electron chi connectivity index (χ4n) is 4.79. The lowest BCUT2D eigenvalue weighted by Crippen LogP contribution is -2.36. The minimum absolute atomic E-state index is 0.00641. The number of ether oxygens (including phenoxy) is 1. The number of anilines is 2. The van der Waals surface area contributed by atoms with E-state index in [2.05, 4.69) is 0 Å². The van der Waals surface area contributed by atoms with E-state index in [1.807, 2.05) is 71.6 Å². The molecule has 2 amide bonds. The molecular formula is C32H34N2O4. The maximum Gasteiger partial charge on any atom is 0.330 e. The molecule has 3 aromatic rings. The number of carbonyl (C=O) groups is 3. The van der Waals surface area contributed by atoms with Gasteiger partial charge in [0.05, 0.1) is 13.7 Å². The summed E-state index contributed by atoms with van der Waals surface area (Å²) in [6.45, 7) is 0.413. The second-order valence-electron chi connectivity index (χ2n) is 9.61. The highest BCUT2D eigenvalue weighted by Gasteiger charge is 2.27. The van der Waals surface area contributed by atoms with Crippen LogP contribution < -0.4 is 9.80 Å². The van der Waals surface area contributed by atoms with E-state index in [1.165, 1.54) is 19.6 Å². The molecule has 3 aromatic carbocycles. The average molecular weight is 511 g/mol.